The second kappa shape index (κ2) is 3.64. The monoisotopic (exact) mass is 202 g/mol. The zero-order valence-electron chi connectivity index (χ0n) is 7.64. The lowest BCUT2D eigenvalue weighted by Gasteiger charge is -2.23. The van der Waals surface area contributed by atoms with Gasteiger partial charge in [-0.25, -0.2) is 4.39 Å². The Labute approximate surface area is 82.2 Å². The van der Waals surface area contributed by atoms with Crippen molar-refractivity contribution in [3.63, 3.8) is 0 Å². The first-order valence-corrected chi connectivity index (χ1v) is 4.53. The summed E-state index contributed by atoms with van der Waals surface area (Å²) in [5, 5.41) is 10.1. The summed E-state index contributed by atoms with van der Waals surface area (Å²) in [5.41, 5.74) is -1.01. The summed E-state index contributed by atoms with van der Waals surface area (Å²) in [6, 6.07) is 4.39. The topological polar surface area (TPSA) is 20.2 Å². The number of hydrogen-bond acceptors (Lipinski definition) is 1. The molecule has 3 heteroatoms. The molecule has 1 aromatic carbocycles. The van der Waals surface area contributed by atoms with E-state index < -0.39 is 11.4 Å². The second-order valence-electron chi connectivity index (χ2n) is 3.22. The first-order chi connectivity index (χ1) is 5.99. The largest absolute Gasteiger partial charge is 0.385 e. The summed E-state index contributed by atoms with van der Waals surface area (Å²) in [5.74, 6) is -0.459. The van der Waals surface area contributed by atoms with Crippen LogP contribution in [0.4, 0.5) is 4.39 Å². The fraction of sp³-hybridized carbons (Fsp3) is 0.400. The molecule has 1 rings (SSSR count). The van der Waals surface area contributed by atoms with E-state index in [4.69, 9.17) is 11.6 Å². The third-order valence-electron chi connectivity index (χ3n) is 2.19. The van der Waals surface area contributed by atoms with Gasteiger partial charge in [-0.1, -0.05) is 24.6 Å². The molecular weight excluding hydrogens is 191 g/mol. The summed E-state index contributed by atoms with van der Waals surface area (Å²) >= 11 is 5.79. The maximum atomic E-state index is 13.3. The Kier molecular flexibility index (Phi) is 2.94. The molecule has 0 aliphatic rings. The van der Waals surface area contributed by atoms with Crippen LogP contribution in [-0.2, 0) is 5.60 Å². The van der Waals surface area contributed by atoms with Crippen molar-refractivity contribution < 1.29 is 9.50 Å². The quantitative estimate of drug-likeness (QED) is 0.782. The van der Waals surface area contributed by atoms with Crippen molar-refractivity contribution in [1.29, 1.82) is 0 Å². The average Bonchev–Trinajstić information content (AvgIpc) is 2.03. The summed E-state index contributed by atoms with van der Waals surface area (Å²) in [6.45, 7) is 3.33. The van der Waals surface area contributed by atoms with Gasteiger partial charge in [0.25, 0.3) is 0 Å². The van der Waals surface area contributed by atoms with Crippen molar-refractivity contribution in [2.24, 2.45) is 0 Å². The van der Waals surface area contributed by atoms with Gasteiger partial charge >= 0.3 is 0 Å². The highest BCUT2D eigenvalue weighted by Crippen LogP contribution is 2.32. The van der Waals surface area contributed by atoms with Gasteiger partial charge in [0.15, 0.2) is 0 Å². The lowest BCUT2D eigenvalue weighted by molar-refractivity contribution is 0.0494. The molecule has 0 aliphatic carbocycles. The molecule has 1 nitrogen and oxygen atoms in total. The highest BCUT2D eigenvalue weighted by molar-refractivity contribution is 6.31. The normalized spacial score (nSPS) is 15.5. The molecule has 1 N–H and O–H groups in total. The number of halogens is 2. The summed E-state index contributed by atoms with van der Waals surface area (Å²) in [4.78, 5) is 0. The Balaban J connectivity index is 3.28. The molecule has 13 heavy (non-hydrogen) atoms. The standard InChI is InChI=1S/C10H12ClFO/c1-3-10(2,13)9-7(11)5-4-6-8(9)12/h4-6,13H,3H2,1-2H3/t10-/m1/s1. The van der Waals surface area contributed by atoms with E-state index in [2.05, 4.69) is 0 Å². The fourth-order valence-electron chi connectivity index (χ4n) is 1.19. The first-order valence-electron chi connectivity index (χ1n) is 4.16. The fourth-order valence-corrected chi connectivity index (χ4v) is 1.56. The summed E-state index contributed by atoms with van der Waals surface area (Å²) < 4.78 is 13.3. The molecule has 72 valence electrons. The van der Waals surface area contributed by atoms with E-state index in [0.717, 1.165) is 0 Å². The van der Waals surface area contributed by atoms with Gasteiger partial charge in [-0.15, -0.1) is 0 Å². The van der Waals surface area contributed by atoms with E-state index in [1.807, 2.05) is 0 Å². The Morgan fingerprint density at radius 3 is 2.62 bits per heavy atom. The van der Waals surface area contributed by atoms with E-state index in [9.17, 15) is 9.50 Å². The number of hydrogen-bond donors (Lipinski definition) is 1. The van der Waals surface area contributed by atoms with Crippen LogP contribution in [0, 0.1) is 5.82 Å². The molecule has 0 heterocycles. The van der Waals surface area contributed by atoms with Crippen LogP contribution in [0.15, 0.2) is 18.2 Å². The van der Waals surface area contributed by atoms with Crippen LogP contribution < -0.4 is 0 Å². The minimum atomic E-state index is -1.19. The van der Waals surface area contributed by atoms with Crippen molar-refractivity contribution in [3.05, 3.63) is 34.6 Å². The smallest absolute Gasteiger partial charge is 0.130 e. The van der Waals surface area contributed by atoms with Gasteiger partial charge in [-0.05, 0) is 25.5 Å². The van der Waals surface area contributed by atoms with E-state index in [1.165, 1.54) is 12.1 Å². The third-order valence-corrected chi connectivity index (χ3v) is 2.50. The summed E-state index contributed by atoms with van der Waals surface area (Å²) in [7, 11) is 0. The Morgan fingerprint density at radius 2 is 2.15 bits per heavy atom. The Morgan fingerprint density at radius 1 is 1.54 bits per heavy atom. The molecule has 1 aromatic rings. The van der Waals surface area contributed by atoms with Crippen molar-refractivity contribution >= 4 is 11.6 Å². The molecule has 0 fully saturated rings. The van der Waals surface area contributed by atoms with Crippen LogP contribution in [-0.4, -0.2) is 5.11 Å². The van der Waals surface area contributed by atoms with Crippen LogP contribution in [0.1, 0.15) is 25.8 Å². The molecule has 0 bridgehead atoms. The molecule has 0 saturated carbocycles. The average molecular weight is 203 g/mol. The SMILES string of the molecule is CC[C@@](C)(O)c1c(F)cccc1Cl. The molecular formula is C10H12ClFO. The second-order valence-corrected chi connectivity index (χ2v) is 3.63. The van der Waals surface area contributed by atoms with Crippen LogP contribution in [0.25, 0.3) is 0 Å². The van der Waals surface area contributed by atoms with Gasteiger partial charge in [0.05, 0.1) is 5.60 Å². The highest BCUT2D eigenvalue weighted by atomic mass is 35.5. The van der Waals surface area contributed by atoms with Crippen molar-refractivity contribution in [1.82, 2.24) is 0 Å². The molecule has 0 saturated heterocycles. The molecule has 0 spiro atoms. The molecule has 0 amide bonds. The predicted octanol–water partition coefficient (Wildman–Crippen LogP) is 3.10. The highest BCUT2D eigenvalue weighted by Gasteiger charge is 2.26. The van der Waals surface area contributed by atoms with Gasteiger partial charge in [0, 0.05) is 10.6 Å². The predicted molar refractivity (Wildman–Crippen MR) is 51.3 cm³/mol. The van der Waals surface area contributed by atoms with Crippen LogP contribution >= 0.6 is 11.6 Å². The van der Waals surface area contributed by atoms with Gasteiger partial charge < -0.3 is 5.11 Å². The first kappa shape index (κ1) is 10.5. The molecule has 1 atom stereocenters. The van der Waals surface area contributed by atoms with E-state index >= 15 is 0 Å². The van der Waals surface area contributed by atoms with Gasteiger partial charge in [-0.3, -0.25) is 0 Å². The van der Waals surface area contributed by atoms with Gasteiger partial charge in [0.2, 0.25) is 0 Å². The zero-order valence-corrected chi connectivity index (χ0v) is 8.40. The lowest BCUT2D eigenvalue weighted by Crippen LogP contribution is -2.21. The van der Waals surface area contributed by atoms with Crippen molar-refractivity contribution in [2.75, 3.05) is 0 Å². The van der Waals surface area contributed by atoms with Crippen LogP contribution in [0.5, 0.6) is 0 Å². The van der Waals surface area contributed by atoms with Crippen molar-refractivity contribution in [2.45, 2.75) is 25.9 Å². The number of aliphatic hydroxyl groups is 1. The molecule has 0 aromatic heterocycles. The molecule has 0 radical (unpaired) electrons. The number of benzene rings is 1. The van der Waals surface area contributed by atoms with E-state index in [1.54, 1.807) is 19.9 Å². The maximum Gasteiger partial charge on any atom is 0.130 e. The maximum absolute atomic E-state index is 13.3. The number of rotatable bonds is 2. The van der Waals surface area contributed by atoms with Gasteiger partial charge in [-0.2, -0.15) is 0 Å². The van der Waals surface area contributed by atoms with Crippen LogP contribution in [0.3, 0.4) is 0 Å². The van der Waals surface area contributed by atoms with E-state index in [-0.39, 0.29) is 10.6 Å². The minimum Gasteiger partial charge on any atom is -0.385 e. The van der Waals surface area contributed by atoms with Crippen molar-refractivity contribution in [3.8, 4) is 0 Å². The summed E-state index contributed by atoms with van der Waals surface area (Å²) in [6.07, 6.45) is 0.424. The van der Waals surface area contributed by atoms with Gasteiger partial charge in [0.1, 0.15) is 5.82 Å². The zero-order chi connectivity index (χ0) is 10.1. The Bertz CT molecular complexity index is 290. The lowest BCUT2D eigenvalue weighted by atomic mass is 9.93. The minimum absolute atomic E-state index is 0.180. The van der Waals surface area contributed by atoms with Crippen LogP contribution in [0.2, 0.25) is 5.02 Å². The third kappa shape index (κ3) is 2.01. The molecule has 0 aliphatic heterocycles. The Hall–Kier alpha value is -0.600. The molecule has 0 unspecified atom stereocenters. The van der Waals surface area contributed by atoms with E-state index in [0.29, 0.717) is 6.42 Å².